The third kappa shape index (κ3) is 4.98. The molecule has 2 aliphatic heterocycles. The van der Waals surface area contributed by atoms with E-state index in [4.69, 9.17) is 26.2 Å². The van der Waals surface area contributed by atoms with Crippen LogP contribution in [0, 0.1) is 16.6 Å². The lowest BCUT2D eigenvalue weighted by Gasteiger charge is -2.36. The van der Waals surface area contributed by atoms with Gasteiger partial charge in [-0.1, -0.05) is 38.4 Å². The number of aryl methyl sites for hydroxylation is 1. The molecular formula is C25H31ClFN3O4. The minimum absolute atomic E-state index is 0.0144. The number of nitrogens with zero attached hydrogens (tertiary/aromatic N) is 2. The van der Waals surface area contributed by atoms with Gasteiger partial charge in [0.25, 0.3) is 5.91 Å². The summed E-state index contributed by atoms with van der Waals surface area (Å²) in [5.74, 6) is -1.60. The monoisotopic (exact) mass is 491 g/mol. The maximum atomic E-state index is 14.1. The van der Waals surface area contributed by atoms with Crippen LogP contribution in [0.3, 0.4) is 0 Å². The van der Waals surface area contributed by atoms with Crippen molar-refractivity contribution < 1.29 is 23.5 Å². The minimum Gasteiger partial charge on any atom is -0.461 e. The molecule has 184 valence electrons. The molecule has 0 atom stereocenters. The van der Waals surface area contributed by atoms with E-state index in [1.165, 1.54) is 18.2 Å². The van der Waals surface area contributed by atoms with E-state index in [0.29, 0.717) is 38.3 Å². The molecule has 0 unspecified atom stereocenters. The molecule has 9 heteroatoms. The normalized spacial score (nSPS) is 17.7. The summed E-state index contributed by atoms with van der Waals surface area (Å²) in [6.07, 6.45) is 3.13. The molecule has 1 aromatic carbocycles. The number of amides is 1. The lowest BCUT2D eigenvalue weighted by molar-refractivity contribution is 0.0145. The molecule has 0 saturated carbocycles. The quantitative estimate of drug-likeness (QED) is 0.612. The first-order valence-electron chi connectivity index (χ1n) is 11.7. The number of halogens is 2. The average Bonchev–Trinajstić information content (AvgIpc) is 3.05. The second-order valence-corrected chi connectivity index (χ2v) is 10.5. The van der Waals surface area contributed by atoms with Gasteiger partial charge in [0.05, 0.1) is 28.6 Å². The number of fused-ring (bicyclic) bond motifs is 1. The Bertz CT molecular complexity index is 1070. The largest absolute Gasteiger partial charge is 0.461 e. The van der Waals surface area contributed by atoms with Crippen molar-refractivity contribution >= 4 is 23.5 Å². The number of nitrogens with one attached hydrogen (secondary N) is 1. The molecule has 3 heterocycles. The number of carbonyl (C=O) groups excluding carboxylic acids is 2. The second-order valence-electron chi connectivity index (χ2n) is 10.1. The van der Waals surface area contributed by atoms with Crippen molar-refractivity contribution in [1.29, 1.82) is 0 Å². The SMILES string of the molecule is CCc1nn(CC(C)(C)COC(=O)c2c(F)cccc2Cl)c2c1C(=O)NCC1(CCOCC1)C2. The number of carbonyl (C=O) groups is 2. The number of hydrogen-bond donors (Lipinski definition) is 1. The zero-order valence-electron chi connectivity index (χ0n) is 19.9. The Morgan fingerprint density at radius 2 is 2.09 bits per heavy atom. The molecule has 1 fully saturated rings. The predicted octanol–water partition coefficient (Wildman–Crippen LogP) is 4.20. The number of aromatic nitrogens is 2. The van der Waals surface area contributed by atoms with E-state index in [1.54, 1.807) is 0 Å². The van der Waals surface area contributed by atoms with Crippen LogP contribution in [0.1, 0.15) is 65.7 Å². The van der Waals surface area contributed by atoms with E-state index >= 15 is 0 Å². The Labute approximate surface area is 203 Å². The van der Waals surface area contributed by atoms with Gasteiger partial charge in [-0.15, -0.1) is 0 Å². The van der Waals surface area contributed by atoms with Crippen LogP contribution < -0.4 is 5.32 Å². The molecule has 1 saturated heterocycles. The van der Waals surface area contributed by atoms with Crippen LogP contribution in [0.25, 0.3) is 0 Å². The van der Waals surface area contributed by atoms with Gasteiger partial charge in [-0.3, -0.25) is 9.48 Å². The molecule has 0 bridgehead atoms. The van der Waals surface area contributed by atoms with Crippen molar-refractivity contribution in [2.45, 2.75) is 53.0 Å². The highest BCUT2D eigenvalue weighted by Gasteiger charge is 2.40. The van der Waals surface area contributed by atoms with Crippen LogP contribution in [0.2, 0.25) is 5.02 Å². The summed E-state index contributed by atoms with van der Waals surface area (Å²) in [6.45, 7) is 8.34. The first-order valence-corrected chi connectivity index (χ1v) is 12.1. The van der Waals surface area contributed by atoms with Crippen molar-refractivity contribution in [3.8, 4) is 0 Å². The highest BCUT2D eigenvalue weighted by atomic mass is 35.5. The molecule has 7 nitrogen and oxygen atoms in total. The van der Waals surface area contributed by atoms with Crippen LogP contribution in [0.15, 0.2) is 18.2 Å². The molecule has 1 N–H and O–H groups in total. The van der Waals surface area contributed by atoms with Crippen molar-refractivity contribution in [3.63, 3.8) is 0 Å². The number of esters is 1. The summed E-state index contributed by atoms with van der Waals surface area (Å²) < 4.78 is 27.0. The lowest BCUT2D eigenvalue weighted by Crippen LogP contribution is -2.41. The minimum atomic E-state index is -0.801. The smallest absolute Gasteiger partial charge is 0.342 e. The fraction of sp³-hybridized carbons (Fsp3) is 0.560. The van der Waals surface area contributed by atoms with Gasteiger partial charge in [0, 0.05) is 31.7 Å². The summed E-state index contributed by atoms with van der Waals surface area (Å²) in [5, 5.41) is 7.91. The maximum Gasteiger partial charge on any atom is 0.342 e. The topological polar surface area (TPSA) is 82.5 Å². The molecule has 2 aromatic rings. The van der Waals surface area contributed by atoms with Gasteiger partial charge in [0.1, 0.15) is 11.4 Å². The maximum absolute atomic E-state index is 14.1. The van der Waals surface area contributed by atoms with Gasteiger partial charge >= 0.3 is 5.97 Å². The Morgan fingerprint density at radius 3 is 2.76 bits per heavy atom. The average molecular weight is 492 g/mol. The third-order valence-corrected chi connectivity index (χ3v) is 7.07. The van der Waals surface area contributed by atoms with Gasteiger partial charge in [-0.2, -0.15) is 5.10 Å². The summed E-state index contributed by atoms with van der Waals surface area (Å²) in [6, 6.07) is 4.07. The fourth-order valence-corrected chi connectivity index (χ4v) is 5.02. The molecule has 1 spiro atoms. The zero-order valence-corrected chi connectivity index (χ0v) is 20.6. The van der Waals surface area contributed by atoms with Gasteiger partial charge < -0.3 is 14.8 Å². The van der Waals surface area contributed by atoms with Crippen LogP contribution in [0.5, 0.6) is 0 Å². The lowest BCUT2D eigenvalue weighted by atomic mass is 9.76. The van der Waals surface area contributed by atoms with Gasteiger partial charge in [0.15, 0.2) is 0 Å². The highest BCUT2D eigenvalue weighted by molar-refractivity contribution is 6.33. The van der Waals surface area contributed by atoms with Crippen molar-refractivity contribution in [2.24, 2.45) is 10.8 Å². The molecule has 2 aliphatic rings. The number of ether oxygens (including phenoxy) is 2. The van der Waals surface area contributed by atoms with Crippen molar-refractivity contribution in [2.75, 3.05) is 26.4 Å². The molecule has 0 radical (unpaired) electrons. The van der Waals surface area contributed by atoms with Gasteiger partial charge in [-0.25, -0.2) is 9.18 Å². The summed E-state index contributed by atoms with van der Waals surface area (Å²) in [7, 11) is 0. The highest BCUT2D eigenvalue weighted by Crippen LogP contribution is 2.38. The van der Waals surface area contributed by atoms with Crippen LogP contribution >= 0.6 is 11.6 Å². The predicted molar refractivity (Wildman–Crippen MR) is 126 cm³/mol. The Hall–Kier alpha value is -2.45. The molecule has 4 rings (SSSR count). The van der Waals surface area contributed by atoms with Crippen LogP contribution in [-0.4, -0.2) is 48.0 Å². The van der Waals surface area contributed by atoms with Gasteiger partial charge in [-0.05, 0) is 43.2 Å². The molecule has 1 amide bonds. The van der Waals surface area contributed by atoms with E-state index in [9.17, 15) is 14.0 Å². The van der Waals surface area contributed by atoms with E-state index in [-0.39, 0.29) is 28.5 Å². The Morgan fingerprint density at radius 1 is 1.35 bits per heavy atom. The number of rotatable bonds is 6. The molecule has 34 heavy (non-hydrogen) atoms. The second kappa shape index (κ2) is 9.66. The molecule has 1 aromatic heterocycles. The fourth-order valence-electron chi connectivity index (χ4n) is 4.78. The number of hydrogen-bond acceptors (Lipinski definition) is 5. The van der Waals surface area contributed by atoms with Crippen LogP contribution in [0.4, 0.5) is 4.39 Å². The first kappa shape index (κ1) is 24.7. The molecular weight excluding hydrogens is 461 g/mol. The Kier molecular flexibility index (Phi) is 7.01. The third-order valence-electron chi connectivity index (χ3n) is 6.75. The summed E-state index contributed by atoms with van der Waals surface area (Å²) >= 11 is 6.00. The first-order chi connectivity index (χ1) is 16.1. The van der Waals surface area contributed by atoms with E-state index in [2.05, 4.69) is 5.32 Å². The Balaban J connectivity index is 1.56. The molecule has 0 aliphatic carbocycles. The van der Waals surface area contributed by atoms with E-state index in [0.717, 1.165) is 30.7 Å². The van der Waals surface area contributed by atoms with Crippen molar-refractivity contribution in [1.82, 2.24) is 15.1 Å². The number of benzene rings is 1. The standard InChI is InChI=1S/C25H31ClFN3O4/c1-4-18-21-19(12-25(13-28-22(21)31)8-10-33-11-9-25)30(29-18)14-24(2,3)15-34-23(32)20-16(26)6-5-7-17(20)27/h5-7H,4,8-15H2,1-3H3,(H,28,31). The van der Waals surface area contributed by atoms with Crippen LogP contribution in [-0.2, 0) is 28.9 Å². The van der Waals surface area contributed by atoms with E-state index in [1.807, 2.05) is 25.5 Å². The van der Waals surface area contributed by atoms with Crippen molar-refractivity contribution in [3.05, 3.63) is 51.6 Å². The van der Waals surface area contributed by atoms with E-state index < -0.39 is 17.2 Å². The summed E-state index contributed by atoms with van der Waals surface area (Å²) in [4.78, 5) is 25.5. The van der Waals surface area contributed by atoms with Gasteiger partial charge in [0.2, 0.25) is 0 Å². The zero-order chi connectivity index (χ0) is 24.5. The summed E-state index contributed by atoms with van der Waals surface area (Å²) in [5.41, 5.74) is 1.51.